The number of aromatic nitrogens is 4. The summed E-state index contributed by atoms with van der Waals surface area (Å²) in [5, 5.41) is 2.83. The Kier molecular flexibility index (Phi) is 4.55. The van der Waals surface area contributed by atoms with Crippen LogP contribution in [0.25, 0.3) is 16.4 Å². The molecule has 4 rings (SSSR count). The number of H-pyrrole nitrogens is 1. The largest absolute Gasteiger partial charge is 0.458 e. The Bertz CT molecular complexity index is 1430. The molecule has 0 amide bonds. The van der Waals surface area contributed by atoms with Crippen LogP contribution in [0.1, 0.15) is 11.3 Å². The molecule has 0 spiro atoms. The van der Waals surface area contributed by atoms with Crippen molar-refractivity contribution in [3.05, 3.63) is 91.0 Å². The van der Waals surface area contributed by atoms with Gasteiger partial charge in [0.15, 0.2) is 0 Å². The molecule has 9 heteroatoms. The van der Waals surface area contributed by atoms with E-state index in [1.54, 1.807) is 24.4 Å². The smallest absolute Gasteiger partial charge is 0.328 e. The molecule has 0 atom stereocenters. The summed E-state index contributed by atoms with van der Waals surface area (Å²) in [6.45, 7) is 1.16. The number of esters is 1. The van der Waals surface area contributed by atoms with Crippen LogP contribution >= 0.6 is 0 Å². The lowest BCUT2D eigenvalue weighted by atomic mass is 10.2. The van der Waals surface area contributed by atoms with Crippen molar-refractivity contribution >= 4 is 22.4 Å². The Balaban J connectivity index is 1.53. The minimum Gasteiger partial charge on any atom is -0.458 e. The second-order valence-corrected chi connectivity index (χ2v) is 6.56. The third-order valence-corrected chi connectivity index (χ3v) is 4.41. The van der Waals surface area contributed by atoms with Crippen LogP contribution in [-0.4, -0.2) is 25.1 Å². The second kappa shape index (κ2) is 7.19. The van der Waals surface area contributed by atoms with Crippen molar-refractivity contribution < 1.29 is 9.53 Å². The first-order chi connectivity index (χ1) is 13.9. The van der Waals surface area contributed by atoms with Crippen molar-refractivity contribution in [3.8, 4) is 0 Å². The van der Waals surface area contributed by atoms with Gasteiger partial charge >= 0.3 is 5.97 Å². The summed E-state index contributed by atoms with van der Waals surface area (Å²) in [5.74, 6) is -0.746. The molecule has 0 aliphatic carbocycles. The third kappa shape index (κ3) is 3.57. The molecule has 9 nitrogen and oxygen atoms in total. The van der Waals surface area contributed by atoms with E-state index in [0.29, 0.717) is 5.65 Å². The zero-order valence-electron chi connectivity index (χ0n) is 15.4. The van der Waals surface area contributed by atoms with Gasteiger partial charge in [-0.15, -0.1) is 0 Å². The summed E-state index contributed by atoms with van der Waals surface area (Å²) < 4.78 is 7.44. The summed E-state index contributed by atoms with van der Waals surface area (Å²) in [6, 6.07) is 11.1. The highest BCUT2D eigenvalue weighted by atomic mass is 16.5. The summed E-state index contributed by atoms with van der Waals surface area (Å²) in [7, 11) is 0. The van der Waals surface area contributed by atoms with E-state index in [-0.39, 0.29) is 28.6 Å². The Morgan fingerprint density at radius 1 is 1.10 bits per heavy atom. The molecule has 29 heavy (non-hydrogen) atoms. The molecule has 1 aromatic carbocycles. The van der Waals surface area contributed by atoms with Crippen LogP contribution in [0.5, 0.6) is 0 Å². The number of carbonyl (C=O) groups excluding carboxylic acids is 1. The molecule has 0 saturated heterocycles. The van der Waals surface area contributed by atoms with Gasteiger partial charge < -0.3 is 4.74 Å². The molecule has 3 heterocycles. The van der Waals surface area contributed by atoms with Gasteiger partial charge in [0, 0.05) is 12.3 Å². The topological polar surface area (TPSA) is 116 Å². The Hall–Kier alpha value is -4.01. The molecule has 0 unspecified atom stereocenters. The molecular weight excluding hydrogens is 376 g/mol. The number of hydrogen-bond donors (Lipinski definition) is 1. The SMILES string of the molecule is Cc1ccc2nc(COC(=O)Cn3[nH]c(=O)c4ccccc4c3=O)cc(=O)n2c1. The van der Waals surface area contributed by atoms with Gasteiger partial charge in [-0.1, -0.05) is 18.2 Å². The van der Waals surface area contributed by atoms with Crippen molar-refractivity contribution in [3.63, 3.8) is 0 Å². The summed E-state index contributed by atoms with van der Waals surface area (Å²) in [5.41, 5.74) is 0.355. The van der Waals surface area contributed by atoms with Crippen LogP contribution in [0.3, 0.4) is 0 Å². The van der Waals surface area contributed by atoms with Gasteiger partial charge in [0.05, 0.1) is 16.5 Å². The van der Waals surface area contributed by atoms with Crippen LogP contribution in [0.15, 0.2) is 63.0 Å². The maximum absolute atomic E-state index is 12.4. The molecule has 0 saturated carbocycles. The van der Waals surface area contributed by atoms with Crippen molar-refractivity contribution in [2.45, 2.75) is 20.1 Å². The number of aryl methyl sites for hydroxylation is 1. The molecule has 0 aliphatic rings. The first-order valence-corrected chi connectivity index (χ1v) is 8.79. The zero-order chi connectivity index (χ0) is 20.5. The van der Waals surface area contributed by atoms with Crippen LogP contribution in [0.2, 0.25) is 0 Å². The molecular formula is C20H16N4O5. The predicted molar refractivity (Wildman–Crippen MR) is 105 cm³/mol. The van der Waals surface area contributed by atoms with E-state index in [4.69, 9.17) is 4.74 Å². The molecule has 0 fully saturated rings. The van der Waals surface area contributed by atoms with Gasteiger partial charge in [-0.05, 0) is 30.7 Å². The number of nitrogens with zero attached hydrogens (tertiary/aromatic N) is 3. The van der Waals surface area contributed by atoms with Crippen molar-refractivity contribution in [1.29, 1.82) is 0 Å². The van der Waals surface area contributed by atoms with Crippen LogP contribution in [0, 0.1) is 6.92 Å². The van der Waals surface area contributed by atoms with E-state index < -0.39 is 23.6 Å². The Labute approximate surface area is 162 Å². The lowest BCUT2D eigenvalue weighted by molar-refractivity contribution is -0.146. The molecule has 146 valence electrons. The minimum atomic E-state index is -0.746. The maximum Gasteiger partial charge on any atom is 0.328 e. The number of fused-ring (bicyclic) bond motifs is 2. The van der Waals surface area contributed by atoms with E-state index in [1.165, 1.54) is 22.6 Å². The lowest BCUT2D eigenvalue weighted by Crippen LogP contribution is -2.32. The molecule has 0 aliphatic heterocycles. The van der Waals surface area contributed by atoms with E-state index >= 15 is 0 Å². The molecule has 0 bridgehead atoms. The van der Waals surface area contributed by atoms with Crippen LogP contribution < -0.4 is 16.7 Å². The minimum absolute atomic E-state index is 0.212. The zero-order valence-corrected chi connectivity index (χ0v) is 15.4. The first-order valence-electron chi connectivity index (χ1n) is 8.79. The number of benzene rings is 1. The van der Waals surface area contributed by atoms with Gasteiger partial charge in [0.1, 0.15) is 18.8 Å². The van der Waals surface area contributed by atoms with E-state index in [1.807, 2.05) is 13.0 Å². The predicted octanol–water partition coefficient (Wildman–Crippen LogP) is 0.750. The van der Waals surface area contributed by atoms with E-state index in [9.17, 15) is 19.2 Å². The average Bonchev–Trinajstić information content (AvgIpc) is 2.71. The fourth-order valence-corrected chi connectivity index (χ4v) is 3.02. The van der Waals surface area contributed by atoms with Crippen LogP contribution in [-0.2, 0) is 22.7 Å². The van der Waals surface area contributed by atoms with Crippen molar-refractivity contribution in [2.75, 3.05) is 0 Å². The van der Waals surface area contributed by atoms with Gasteiger partial charge in [0.2, 0.25) is 0 Å². The summed E-state index contributed by atoms with van der Waals surface area (Å²) in [4.78, 5) is 53.2. The monoisotopic (exact) mass is 392 g/mol. The quantitative estimate of drug-likeness (QED) is 0.513. The number of carbonyl (C=O) groups is 1. The van der Waals surface area contributed by atoms with Gasteiger partial charge in [-0.3, -0.25) is 28.7 Å². The molecule has 1 N–H and O–H groups in total. The molecule has 3 aromatic heterocycles. The van der Waals surface area contributed by atoms with Crippen LogP contribution in [0.4, 0.5) is 0 Å². The standard InChI is InChI=1S/C20H16N4O5/c1-12-6-7-16-21-13(8-17(25)23(16)9-12)11-29-18(26)10-24-20(28)15-5-3-2-4-14(15)19(27)22-24/h2-9H,10-11H2,1H3,(H,22,27). The second-order valence-electron chi connectivity index (χ2n) is 6.56. The van der Waals surface area contributed by atoms with E-state index in [0.717, 1.165) is 10.2 Å². The maximum atomic E-state index is 12.4. The number of nitrogens with one attached hydrogen (secondary N) is 1. The average molecular weight is 392 g/mol. The Morgan fingerprint density at radius 2 is 1.86 bits per heavy atom. The number of aromatic amines is 1. The van der Waals surface area contributed by atoms with E-state index in [2.05, 4.69) is 10.1 Å². The highest BCUT2D eigenvalue weighted by Crippen LogP contribution is 2.05. The third-order valence-electron chi connectivity index (χ3n) is 4.41. The first kappa shape index (κ1) is 18.4. The fraction of sp³-hybridized carbons (Fsp3) is 0.150. The van der Waals surface area contributed by atoms with Crippen molar-refractivity contribution in [2.24, 2.45) is 0 Å². The fourth-order valence-electron chi connectivity index (χ4n) is 3.02. The number of rotatable bonds is 4. The highest BCUT2D eigenvalue weighted by Gasteiger charge is 2.12. The number of pyridine rings is 1. The number of ether oxygens (including phenoxy) is 1. The van der Waals surface area contributed by atoms with Gasteiger partial charge in [-0.25, -0.2) is 9.67 Å². The lowest BCUT2D eigenvalue weighted by Gasteiger charge is -2.08. The Morgan fingerprint density at radius 3 is 2.66 bits per heavy atom. The van der Waals surface area contributed by atoms with Gasteiger partial charge in [0.25, 0.3) is 16.7 Å². The highest BCUT2D eigenvalue weighted by molar-refractivity contribution is 5.80. The summed E-state index contributed by atoms with van der Waals surface area (Å²) >= 11 is 0. The normalized spacial score (nSPS) is 11.1. The van der Waals surface area contributed by atoms with Crippen molar-refractivity contribution in [1.82, 2.24) is 19.2 Å². The van der Waals surface area contributed by atoms with Gasteiger partial charge in [-0.2, -0.15) is 0 Å². The summed E-state index contributed by atoms with van der Waals surface area (Å²) in [6.07, 6.45) is 1.67. The molecule has 4 aromatic rings. The number of hydrogen-bond acceptors (Lipinski definition) is 6. The molecule has 0 radical (unpaired) electrons.